The summed E-state index contributed by atoms with van der Waals surface area (Å²) in [5.41, 5.74) is -0.830. The Bertz CT molecular complexity index is 429. The molecule has 0 heterocycles. The van der Waals surface area contributed by atoms with E-state index < -0.39 is 35.0 Å². The topological polar surface area (TPSA) is 43.4 Å². The van der Waals surface area contributed by atoms with Crippen LogP contribution in [-0.2, 0) is 9.53 Å². The lowest BCUT2D eigenvalue weighted by Gasteiger charge is -2.02. The van der Waals surface area contributed by atoms with Crippen LogP contribution in [0.3, 0.4) is 0 Å². The summed E-state index contributed by atoms with van der Waals surface area (Å²) >= 11 is 0. The third-order valence-corrected chi connectivity index (χ3v) is 1.47. The molecule has 0 saturated carbocycles. The Hall–Kier alpha value is -1.85. The van der Waals surface area contributed by atoms with Crippen LogP contribution in [0.4, 0.5) is 13.2 Å². The predicted molar refractivity (Wildman–Crippen MR) is 42.4 cm³/mol. The molecule has 0 bridgehead atoms. The molecular formula is C9H5F3O3. The van der Waals surface area contributed by atoms with Crippen LogP contribution < -0.4 is 0 Å². The van der Waals surface area contributed by atoms with Crippen molar-refractivity contribution in [2.75, 3.05) is 0 Å². The molecule has 80 valence electrons. The first-order valence-corrected chi connectivity index (χ1v) is 3.79. The van der Waals surface area contributed by atoms with Crippen LogP contribution in [0.1, 0.15) is 17.3 Å². The fraction of sp³-hybridized carbons (Fsp3) is 0.111. The molecule has 0 amide bonds. The highest BCUT2D eigenvalue weighted by molar-refractivity contribution is 5.96. The Balaban J connectivity index is 3.09. The number of esters is 2. The highest BCUT2D eigenvalue weighted by atomic mass is 19.2. The fourth-order valence-corrected chi connectivity index (χ4v) is 0.865. The summed E-state index contributed by atoms with van der Waals surface area (Å²) < 4.78 is 42.0. The molecule has 0 fully saturated rings. The number of ether oxygens (including phenoxy) is 1. The van der Waals surface area contributed by atoms with Gasteiger partial charge in [-0.1, -0.05) is 0 Å². The van der Waals surface area contributed by atoms with Crippen LogP contribution in [0, 0.1) is 17.5 Å². The second-order valence-electron chi connectivity index (χ2n) is 2.63. The van der Waals surface area contributed by atoms with Crippen molar-refractivity contribution in [1.29, 1.82) is 0 Å². The van der Waals surface area contributed by atoms with E-state index in [2.05, 4.69) is 4.74 Å². The summed E-state index contributed by atoms with van der Waals surface area (Å²) in [4.78, 5) is 21.3. The number of carbonyl (C=O) groups is 2. The lowest BCUT2D eigenvalue weighted by molar-refractivity contribution is -0.135. The Morgan fingerprint density at radius 2 is 1.60 bits per heavy atom. The van der Waals surface area contributed by atoms with Gasteiger partial charge in [-0.25, -0.2) is 18.0 Å². The van der Waals surface area contributed by atoms with Crippen LogP contribution in [0.15, 0.2) is 12.1 Å². The maximum Gasteiger partial charge on any atom is 0.348 e. The van der Waals surface area contributed by atoms with Crippen molar-refractivity contribution in [3.05, 3.63) is 35.1 Å². The lowest BCUT2D eigenvalue weighted by atomic mass is 10.2. The summed E-state index contributed by atoms with van der Waals surface area (Å²) in [6.45, 7) is 0.926. The van der Waals surface area contributed by atoms with Crippen molar-refractivity contribution < 1.29 is 27.5 Å². The summed E-state index contributed by atoms with van der Waals surface area (Å²) in [5, 5.41) is 0. The molecule has 0 saturated heterocycles. The van der Waals surface area contributed by atoms with E-state index in [9.17, 15) is 22.8 Å². The molecule has 0 N–H and O–H groups in total. The minimum Gasteiger partial charge on any atom is -0.390 e. The molecule has 0 aliphatic carbocycles. The zero-order valence-electron chi connectivity index (χ0n) is 7.51. The van der Waals surface area contributed by atoms with Gasteiger partial charge in [0.25, 0.3) is 0 Å². The van der Waals surface area contributed by atoms with Crippen molar-refractivity contribution in [3.8, 4) is 0 Å². The molecule has 0 aromatic heterocycles. The van der Waals surface area contributed by atoms with Gasteiger partial charge >= 0.3 is 11.9 Å². The maximum atomic E-state index is 12.9. The quantitative estimate of drug-likeness (QED) is 0.410. The molecule has 0 radical (unpaired) electrons. The first-order chi connectivity index (χ1) is 6.91. The zero-order valence-corrected chi connectivity index (χ0v) is 7.51. The molecular weight excluding hydrogens is 213 g/mol. The second-order valence-corrected chi connectivity index (χ2v) is 2.63. The van der Waals surface area contributed by atoms with Crippen LogP contribution in [0.2, 0.25) is 0 Å². The summed E-state index contributed by atoms with van der Waals surface area (Å²) in [5.74, 6) is -6.44. The van der Waals surface area contributed by atoms with Gasteiger partial charge < -0.3 is 4.74 Å². The van der Waals surface area contributed by atoms with Gasteiger partial charge in [-0.2, -0.15) is 0 Å². The number of hydrogen-bond donors (Lipinski definition) is 0. The van der Waals surface area contributed by atoms with Gasteiger partial charge in [0.15, 0.2) is 11.6 Å². The number of rotatable bonds is 1. The van der Waals surface area contributed by atoms with Crippen molar-refractivity contribution in [2.24, 2.45) is 0 Å². The normalized spacial score (nSPS) is 9.87. The fourth-order valence-electron chi connectivity index (χ4n) is 0.865. The minimum atomic E-state index is -1.42. The van der Waals surface area contributed by atoms with E-state index in [1.807, 2.05) is 0 Å². The Morgan fingerprint density at radius 3 is 2.13 bits per heavy atom. The Labute approximate surface area is 82.5 Å². The molecule has 0 aliphatic heterocycles. The molecule has 1 aromatic carbocycles. The molecule has 0 aliphatic rings. The smallest absolute Gasteiger partial charge is 0.348 e. The zero-order chi connectivity index (χ0) is 11.6. The lowest BCUT2D eigenvalue weighted by Crippen LogP contribution is -2.12. The van der Waals surface area contributed by atoms with Crippen LogP contribution in [-0.4, -0.2) is 11.9 Å². The van der Waals surface area contributed by atoms with Gasteiger partial charge in [-0.3, -0.25) is 4.79 Å². The van der Waals surface area contributed by atoms with Gasteiger partial charge in [0.1, 0.15) is 5.82 Å². The highest BCUT2D eigenvalue weighted by Gasteiger charge is 2.18. The third-order valence-electron chi connectivity index (χ3n) is 1.47. The summed E-state index contributed by atoms with van der Waals surface area (Å²) in [6.07, 6.45) is 0. The van der Waals surface area contributed by atoms with Crippen molar-refractivity contribution in [1.82, 2.24) is 0 Å². The van der Waals surface area contributed by atoms with Crippen molar-refractivity contribution in [3.63, 3.8) is 0 Å². The first kappa shape index (κ1) is 11.2. The third kappa shape index (κ3) is 2.55. The molecule has 0 unspecified atom stereocenters. The van der Waals surface area contributed by atoms with Gasteiger partial charge in [0.05, 0.1) is 5.56 Å². The van der Waals surface area contributed by atoms with Gasteiger partial charge in [0.2, 0.25) is 0 Å². The van der Waals surface area contributed by atoms with E-state index >= 15 is 0 Å². The summed E-state index contributed by atoms with van der Waals surface area (Å²) in [6, 6.07) is 0.530. The Kier molecular flexibility index (Phi) is 3.08. The van der Waals surface area contributed by atoms with Crippen molar-refractivity contribution >= 4 is 11.9 Å². The van der Waals surface area contributed by atoms with Crippen LogP contribution in [0.25, 0.3) is 0 Å². The largest absolute Gasteiger partial charge is 0.390 e. The average Bonchev–Trinajstić information content (AvgIpc) is 2.09. The molecule has 1 aromatic rings. The van der Waals surface area contributed by atoms with Gasteiger partial charge in [0, 0.05) is 13.0 Å². The SMILES string of the molecule is CC(=O)OC(=O)c1cc(F)c(F)cc1F. The average molecular weight is 218 g/mol. The predicted octanol–water partition coefficient (Wildman–Crippen LogP) is 1.81. The number of benzene rings is 1. The van der Waals surface area contributed by atoms with Gasteiger partial charge in [-0.15, -0.1) is 0 Å². The van der Waals surface area contributed by atoms with E-state index in [1.165, 1.54) is 0 Å². The molecule has 0 atom stereocenters. The van der Waals surface area contributed by atoms with E-state index in [0.29, 0.717) is 6.07 Å². The standard InChI is InChI=1S/C9H5F3O3/c1-4(13)15-9(14)5-2-7(11)8(12)3-6(5)10/h2-3H,1H3. The van der Waals surface area contributed by atoms with Gasteiger partial charge in [-0.05, 0) is 6.07 Å². The molecule has 3 nitrogen and oxygen atoms in total. The maximum absolute atomic E-state index is 12.9. The first-order valence-electron chi connectivity index (χ1n) is 3.79. The van der Waals surface area contributed by atoms with E-state index in [0.717, 1.165) is 6.92 Å². The van der Waals surface area contributed by atoms with Crippen LogP contribution >= 0.6 is 0 Å². The van der Waals surface area contributed by atoms with E-state index in [4.69, 9.17) is 0 Å². The number of hydrogen-bond acceptors (Lipinski definition) is 3. The van der Waals surface area contributed by atoms with E-state index in [-0.39, 0.29) is 6.07 Å². The molecule has 1 rings (SSSR count). The molecule has 6 heteroatoms. The Morgan fingerprint density at radius 1 is 1.07 bits per heavy atom. The van der Waals surface area contributed by atoms with E-state index in [1.54, 1.807) is 0 Å². The number of halogens is 3. The minimum absolute atomic E-state index is 0.200. The second kappa shape index (κ2) is 4.12. The van der Waals surface area contributed by atoms with Crippen LogP contribution in [0.5, 0.6) is 0 Å². The number of carbonyl (C=O) groups excluding carboxylic acids is 2. The van der Waals surface area contributed by atoms with Crippen molar-refractivity contribution in [2.45, 2.75) is 6.92 Å². The monoisotopic (exact) mass is 218 g/mol. The molecule has 15 heavy (non-hydrogen) atoms. The highest BCUT2D eigenvalue weighted by Crippen LogP contribution is 2.14. The summed E-state index contributed by atoms with van der Waals surface area (Å²) in [7, 11) is 0. The molecule has 0 spiro atoms.